The largest absolute Gasteiger partial charge is 0.355 e. The number of anilines is 1. The summed E-state index contributed by atoms with van der Waals surface area (Å²) in [5, 5.41) is 0. The van der Waals surface area contributed by atoms with Crippen LogP contribution in [0.4, 0.5) is 5.69 Å². The zero-order valence-corrected chi connectivity index (χ0v) is 11.4. The molecule has 0 aromatic heterocycles. The molecule has 0 unspecified atom stereocenters. The predicted molar refractivity (Wildman–Crippen MR) is 76.8 cm³/mol. The van der Waals surface area contributed by atoms with Crippen molar-refractivity contribution in [3.8, 4) is 0 Å². The minimum Gasteiger partial charge on any atom is -0.355 e. The number of allylic oxidation sites excluding steroid dienone is 1. The molecule has 0 amide bonds. The van der Waals surface area contributed by atoms with Crippen LogP contribution in [-0.4, -0.2) is 18.4 Å². The lowest BCUT2D eigenvalue weighted by Crippen LogP contribution is -2.46. The van der Waals surface area contributed by atoms with Crippen molar-refractivity contribution in [2.75, 3.05) is 11.4 Å². The van der Waals surface area contributed by atoms with Crippen LogP contribution in [0.5, 0.6) is 0 Å². The zero-order chi connectivity index (χ0) is 13.2. The van der Waals surface area contributed by atoms with E-state index < -0.39 is 0 Å². The van der Waals surface area contributed by atoms with Gasteiger partial charge < -0.3 is 9.69 Å². The van der Waals surface area contributed by atoms with E-state index in [1.54, 1.807) is 0 Å². The summed E-state index contributed by atoms with van der Waals surface area (Å²) in [7, 11) is 0. The third-order valence-electron chi connectivity index (χ3n) is 3.54. The van der Waals surface area contributed by atoms with Crippen molar-refractivity contribution in [1.29, 1.82) is 0 Å². The summed E-state index contributed by atoms with van der Waals surface area (Å²) in [5.74, 6) is 0. The molecule has 18 heavy (non-hydrogen) atoms. The maximum absolute atomic E-state index is 10.9. The Morgan fingerprint density at radius 2 is 2.00 bits per heavy atom. The van der Waals surface area contributed by atoms with E-state index in [0.717, 1.165) is 19.1 Å². The Bertz CT molecular complexity index is 474. The van der Waals surface area contributed by atoms with Crippen molar-refractivity contribution in [1.82, 2.24) is 0 Å². The molecular formula is C16H21NO. The summed E-state index contributed by atoms with van der Waals surface area (Å²) >= 11 is 0. The number of rotatable bonds is 4. The van der Waals surface area contributed by atoms with E-state index >= 15 is 0 Å². The van der Waals surface area contributed by atoms with Gasteiger partial charge in [0.05, 0.1) is 12.1 Å². The van der Waals surface area contributed by atoms with Gasteiger partial charge in [0.25, 0.3) is 0 Å². The van der Waals surface area contributed by atoms with Crippen molar-refractivity contribution in [3.63, 3.8) is 0 Å². The van der Waals surface area contributed by atoms with Crippen LogP contribution in [0.15, 0.2) is 30.3 Å². The predicted octanol–water partition coefficient (Wildman–Crippen LogP) is 3.67. The smallest absolute Gasteiger partial charge is 0.139 e. The number of hydrogen-bond donors (Lipinski definition) is 0. The van der Waals surface area contributed by atoms with Crippen LogP contribution >= 0.6 is 0 Å². The van der Waals surface area contributed by atoms with Crippen molar-refractivity contribution in [2.45, 2.75) is 39.2 Å². The molecule has 0 saturated heterocycles. The molecule has 1 aliphatic rings. The number of benzene rings is 1. The van der Waals surface area contributed by atoms with Gasteiger partial charge in [0.1, 0.15) is 6.29 Å². The SMILES string of the molecule is CCCC1=CC(C)(C)N(CC=O)c2ccccc21. The topological polar surface area (TPSA) is 20.3 Å². The van der Waals surface area contributed by atoms with Gasteiger partial charge in [-0.1, -0.05) is 37.6 Å². The van der Waals surface area contributed by atoms with E-state index in [4.69, 9.17) is 0 Å². The lowest BCUT2D eigenvalue weighted by molar-refractivity contribution is -0.106. The fourth-order valence-electron chi connectivity index (χ4n) is 2.76. The van der Waals surface area contributed by atoms with Crippen LogP contribution in [0.25, 0.3) is 5.57 Å². The van der Waals surface area contributed by atoms with E-state index in [1.807, 2.05) is 6.07 Å². The number of para-hydroxylation sites is 1. The van der Waals surface area contributed by atoms with Gasteiger partial charge in [-0.3, -0.25) is 0 Å². The van der Waals surface area contributed by atoms with Gasteiger partial charge in [-0.05, 0) is 31.9 Å². The van der Waals surface area contributed by atoms with Crippen LogP contribution in [-0.2, 0) is 4.79 Å². The van der Waals surface area contributed by atoms with Crippen molar-refractivity contribution in [3.05, 3.63) is 35.9 Å². The molecule has 96 valence electrons. The first-order chi connectivity index (χ1) is 8.60. The van der Waals surface area contributed by atoms with Gasteiger partial charge in [-0.2, -0.15) is 0 Å². The quantitative estimate of drug-likeness (QED) is 0.752. The Balaban J connectivity index is 2.53. The molecule has 0 aliphatic carbocycles. The molecule has 0 fully saturated rings. The molecule has 1 aromatic carbocycles. The number of nitrogens with zero attached hydrogens (tertiary/aromatic N) is 1. The molecule has 1 aliphatic heterocycles. The first-order valence-electron chi connectivity index (χ1n) is 6.62. The summed E-state index contributed by atoms with van der Waals surface area (Å²) in [4.78, 5) is 13.1. The van der Waals surface area contributed by atoms with Gasteiger partial charge in [-0.25, -0.2) is 0 Å². The van der Waals surface area contributed by atoms with Crippen LogP contribution < -0.4 is 4.90 Å². The highest BCUT2D eigenvalue weighted by molar-refractivity contribution is 5.83. The monoisotopic (exact) mass is 243 g/mol. The van der Waals surface area contributed by atoms with Crippen LogP contribution in [0.1, 0.15) is 39.2 Å². The third-order valence-corrected chi connectivity index (χ3v) is 3.54. The summed E-state index contributed by atoms with van der Waals surface area (Å²) in [6.45, 7) is 6.98. The van der Waals surface area contributed by atoms with Crippen molar-refractivity contribution < 1.29 is 4.79 Å². The molecule has 0 atom stereocenters. The molecule has 1 aromatic rings. The standard InChI is InChI=1S/C16H21NO/c1-4-7-13-12-16(2,3)17(10-11-18)15-9-6-5-8-14(13)15/h5-6,8-9,11-12H,4,7,10H2,1-3H3. The molecule has 0 spiro atoms. The Labute approximate surface area is 109 Å². The Morgan fingerprint density at radius 1 is 1.28 bits per heavy atom. The van der Waals surface area contributed by atoms with E-state index in [-0.39, 0.29) is 5.54 Å². The fourth-order valence-corrected chi connectivity index (χ4v) is 2.76. The number of fused-ring (bicyclic) bond motifs is 1. The third kappa shape index (κ3) is 2.20. The highest BCUT2D eigenvalue weighted by Crippen LogP contribution is 2.40. The molecule has 0 radical (unpaired) electrons. The van der Waals surface area contributed by atoms with Crippen LogP contribution in [0, 0.1) is 0 Å². The first-order valence-corrected chi connectivity index (χ1v) is 6.62. The second kappa shape index (κ2) is 4.97. The first kappa shape index (κ1) is 12.9. The lowest BCUT2D eigenvalue weighted by Gasteiger charge is -2.42. The van der Waals surface area contributed by atoms with Crippen molar-refractivity contribution >= 4 is 17.5 Å². The van der Waals surface area contributed by atoms with Gasteiger partial charge in [0, 0.05) is 11.3 Å². The molecule has 0 N–H and O–H groups in total. The van der Waals surface area contributed by atoms with E-state index in [2.05, 4.69) is 49.9 Å². The number of carbonyl (C=O) groups excluding carboxylic acids is 1. The molecule has 2 rings (SSSR count). The minimum atomic E-state index is -0.0975. The molecule has 2 heteroatoms. The maximum Gasteiger partial charge on any atom is 0.139 e. The molecule has 0 saturated carbocycles. The van der Waals surface area contributed by atoms with Crippen LogP contribution in [0.3, 0.4) is 0 Å². The molecule has 0 bridgehead atoms. The zero-order valence-electron chi connectivity index (χ0n) is 11.4. The van der Waals surface area contributed by atoms with Crippen LogP contribution in [0.2, 0.25) is 0 Å². The minimum absolute atomic E-state index is 0.0975. The van der Waals surface area contributed by atoms with Gasteiger partial charge in [-0.15, -0.1) is 0 Å². The molecule has 1 heterocycles. The average molecular weight is 243 g/mol. The highest BCUT2D eigenvalue weighted by Gasteiger charge is 2.31. The average Bonchev–Trinajstić information content (AvgIpc) is 2.34. The summed E-state index contributed by atoms with van der Waals surface area (Å²) in [6, 6.07) is 8.38. The van der Waals surface area contributed by atoms with Crippen molar-refractivity contribution in [2.24, 2.45) is 0 Å². The summed E-state index contributed by atoms with van der Waals surface area (Å²) in [6.07, 6.45) is 5.53. The summed E-state index contributed by atoms with van der Waals surface area (Å²) in [5.41, 5.74) is 3.76. The fraction of sp³-hybridized carbons (Fsp3) is 0.438. The van der Waals surface area contributed by atoms with Gasteiger partial charge in [0.15, 0.2) is 0 Å². The Hall–Kier alpha value is -1.57. The summed E-state index contributed by atoms with van der Waals surface area (Å²) < 4.78 is 0. The number of carbonyl (C=O) groups is 1. The maximum atomic E-state index is 10.9. The number of hydrogen-bond acceptors (Lipinski definition) is 2. The Morgan fingerprint density at radius 3 is 2.67 bits per heavy atom. The second-order valence-corrected chi connectivity index (χ2v) is 5.37. The van der Waals surface area contributed by atoms with Gasteiger partial charge in [0.2, 0.25) is 0 Å². The molecule has 2 nitrogen and oxygen atoms in total. The molecular weight excluding hydrogens is 222 g/mol. The van der Waals surface area contributed by atoms with Gasteiger partial charge >= 0.3 is 0 Å². The number of aldehydes is 1. The van der Waals surface area contributed by atoms with E-state index in [1.165, 1.54) is 16.8 Å². The van der Waals surface area contributed by atoms with E-state index in [0.29, 0.717) is 6.54 Å². The normalized spacial score (nSPS) is 17.1. The Kier molecular flexibility index (Phi) is 3.55. The highest BCUT2D eigenvalue weighted by atomic mass is 16.1. The van der Waals surface area contributed by atoms with E-state index in [9.17, 15) is 4.79 Å². The second-order valence-electron chi connectivity index (χ2n) is 5.37. The lowest BCUT2D eigenvalue weighted by atomic mass is 9.86.